The van der Waals surface area contributed by atoms with Gasteiger partial charge in [-0.15, -0.1) is 11.3 Å². The molecule has 0 saturated carbocycles. The fourth-order valence-electron chi connectivity index (χ4n) is 1.94. The van der Waals surface area contributed by atoms with Crippen LogP contribution in [0.25, 0.3) is 0 Å². The molecule has 20 heavy (non-hydrogen) atoms. The zero-order chi connectivity index (χ0) is 15.3. The molecule has 1 aromatic rings. The Morgan fingerprint density at radius 1 is 1.55 bits per heavy atom. The van der Waals surface area contributed by atoms with Crippen molar-refractivity contribution < 1.29 is 14.7 Å². The van der Waals surface area contributed by atoms with Crippen molar-refractivity contribution in [1.82, 2.24) is 15.2 Å². The van der Waals surface area contributed by atoms with E-state index in [2.05, 4.69) is 10.3 Å². The predicted molar refractivity (Wildman–Crippen MR) is 77.8 cm³/mol. The van der Waals surface area contributed by atoms with E-state index in [0.29, 0.717) is 6.54 Å². The minimum Gasteiger partial charge on any atom is -0.481 e. The van der Waals surface area contributed by atoms with Gasteiger partial charge in [-0.2, -0.15) is 0 Å². The molecule has 2 amide bonds. The van der Waals surface area contributed by atoms with Gasteiger partial charge in [0, 0.05) is 24.2 Å². The van der Waals surface area contributed by atoms with Crippen molar-refractivity contribution in [3.8, 4) is 0 Å². The number of carboxylic acid groups (broad SMARTS) is 1. The molecule has 1 rings (SSSR count). The average Bonchev–Trinajstić information content (AvgIpc) is 2.81. The number of rotatable bonds is 6. The number of carboxylic acids is 1. The third kappa shape index (κ3) is 4.19. The zero-order valence-corrected chi connectivity index (χ0v) is 13.0. The lowest BCUT2D eigenvalue weighted by molar-refractivity contribution is -0.138. The highest BCUT2D eigenvalue weighted by molar-refractivity contribution is 7.09. The summed E-state index contributed by atoms with van der Waals surface area (Å²) in [7, 11) is 0. The molecule has 1 unspecified atom stereocenters. The molecule has 6 nitrogen and oxygen atoms in total. The van der Waals surface area contributed by atoms with Gasteiger partial charge in [0.15, 0.2) is 0 Å². The summed E-state index contributed by atoms with van der Waals surface area (Å²) < 4.78 is 0. The Morgan fingerprint density at radius 2 is 2.20 bits per heavy atom. The highest BCUT2D eigenvalue weighted by Gasteiger charge is 2.29. The van der Waals surface area contributed by atoms with Crippen LogP contribution in [0.5, 0.6) is 0 Å². The average molecular weight is 299 g/mol. The maximum Gasteiger partial charge on any atom is 0.318 e. The number of nitrogens with zero attached hydrogens (tertiary/aromatic N) is 2. The number of aliphatic carboxylic acids is 1. The normalized spacial score (nSPS) is 12.8. The van der Waals surface area contributed by atoms with E-state index in [-0.39, 0.29) is 18.5 Å². The second-order valence-electron chi connectivity index (χ2n) is 5.13. The third-order valence-corrected chi connectivity index (χ3v) is 4.09. The summed E-state index contributed by atoms with van der Waals surface area (Å²) in [6.07, 6.45) is 1.62. The summed E-state index contributed by atoms with van der Waals surface area (Å²) in [5.74, 6) is -0.914. The summed E-state index contributed by atoms with van der Waals surface area (Å²) in [5.41, 5.74) is -0.582. The molecule has 0 aromatic carbocycles. The zero-order valence-electron chi connectivity index (χ0n) is 12.2. The summed E-state index contributed by atoms with van der Waals surface area (Å²) in [4.78, 5) is 28.8. The summed E-state index contributed by atoms with van der Waals surface area (Å²) in [5, 5.41) is 14.4. The fourth-order valence-corrected chi connectivity index (χ4v) is 2.66. The Labute approximate surface area is 122 Å². The van der Waals surface area contributed by atoms with E-state index in [1.54, 1.807) is 13.1 Å². The summed E-state index contributed by atoms with van der Waals surface area (Å²) in [6.45, 7) is 7.76. The quantitative estimate of drug-likeness (QED) is 0.844. The standard InChI is InChI=1S/C13H21N3O3S/c1-5-16(9(2)8-10(17)18)12(19)15-13(3,4)11-14-6-7-20-11/h6-7,9H,5,8H2,1-4H3,(H,15,19)(H,17,18). The van der Waals surface area contributed by atoms with Gasteiger partial charge in [0.05, 0.1) is 12.0 Å². The van der Waals surface area contributed by atoms with E-state index in [0.717, 1.165) is 5.01 Å². The molecule has 1 atom stereocenters. The molecule has 0 spiro atoms. The van der Waals surface area contributed by atoms with Gasteiger partial charge in [-0.1, -0.05) is 0 Å². The van der Waals surface area contributed by atoms with Gasteiger partial charge in [0.25, 0.3) is 0 Å². The van der Waals surface area contributed by atoms with Crippen LogP contribution < -0.4 is 5.32 Å². The van der Waals surface area contributed by atoms with Crippen molar-refractivity contribution in [2.24, 2.45) is 0 Å². The van der Waals surface area contributed by atoms with E-state index in [4.69, 9.17) is 5.11 Å². The molecule has 0 fully saturated rings. The summed E-state index contributed by atoms with van der Waals surface area (Å²) in [6, 6.07) is -0.633. The number of amides is 2. The van der Waals surface area contributed by atoms with Gasteiger partial charge in [0.1, 0.15) is 5.01 Å². The van der Waals surface area contributed by atoms with Gasteiger partial charge in [-0.25, -0.2) is 9.78 Å². The first-order valence-corrected chi connectivity index (χ1v) is 7.36. The molecular formula is C13H21N3O3S. The molecule has 112 valence electrons. The number of nitrogens with one attached hydrogen (secondary N) is 1. The van der Waals surface area contributed by atoms with Crippen molar-refractivity contribution in [2.45, 2.75) is 45.7 Å². The van der Waals surface area contributed by atoms with E-state index in [9.17, 15) is 9.59 Å². The first-order chi connectivity index (χ1) is 9.27. The molecule has 0 bridgehead atoms. The van der Waals surface area contributed by atoms with Gasteiger partial charge in [-0.05, 0) is 27.7 Å². The van der Waals surface area contributed by atoms with Gasteiger partial charge < -0.3 is 15.3 Å². The Balaban J connectivity index is 2.75. The number of hydrogen-bond acceptors (Lipinski definition) is 4. The highest BCUT2D eigenvalue weighted by atomic mass is 32.1. The van der Waals surface area contributed by atoms with Crippen LogP contribution in [0.15, 0.2) is 11.6 Å². The lowest BCUT2D eigenvalue weighted by atomic mass is 10.1. The molecule has 0 aliphatic rings. The lowest BCUT2D eigenvalue weighted by Gasteiger charge is -2.32. The Bertz CT molecular complexity index is 459. The minimum atomic E-state index is -0.914. The number of urea groups is 1. The monoisotopic (exact) mass is 299 g/mol. The molecule has 2 N–H and O–H groups in total. The molecule has 0 aliphatic carbocycles. The lowest BCUT2D eigenvalue weighted by Crippen LogP contribution is -2.51. The van der Waals surface area contributed by atoms with Crippen molar-refractivity contribution in [3.05, 3.63) is 16.6 Å². The number of carbonyl (C=O) groups excluding carboxylic acids is 1. The SMILES string of the molecule is CCN(C(=O)NC(C)(C)c1nccs1)C(C)CC(=O)O. The van der Waals surface area contributed by atoms with Crippen LogP contribution in [0.3, 0.4) is 0 Å². The van der Waals surface area contributed by atoms with Crippen LogP contribution >= 0.6 is 11.3 Å². The molecule has 7 heteroatoms. The highest BCUT2D eigenvalue weighted by Crippen LogP contribution is 2.22. The number of hydrogen-bond donors (Lipinski definition) is 2. The molecular weight excluding hydrogens is 278 g/mol. The third-order valence-electron chi connectivity index (χ3n) is 2.99. The number of carbonyl (C=O) groups is 2. The van der Waals surface area contributed by atoms with Gasteiger partial charge in [0.2, 0.25) is 0 Å². The van der Waals surface area contributed by atoms with E-state index in [1.807, 2.05) is 26.2 Å². The van der Waals surface area contributed by atoms with Crippen LogP contribution in [-0.2, 0) is 10.3 Å². The fraction of sp³-hybridized carbons (Fsp3) is 0.615. The van der Waals surface area contributed by atoms with Crippen molar-refractivity contribution in [2.75, 3.05) is 6.54 Å². The number of aromatic nitrogens is 1. The Hall–Kier alpha value is -1.63. The van der Waals surface area contributed by atoms with Crippen LogP contribution in [-0.4, -0.2) is 39.6 Å². The maximum atomic E-state index is 12.3. The first-order valence-electron chi connectivity index (χ1n) is 6.48. The largest absolute Gasteiger partial charge is 0.481 e. The van der Waals surface area contributed by atoms with E-state index >= 15 is 0 Å². The predicted octanol–water partition coefficient (Wildman–Crippen LogP) is 2.27. The van der Waals surface area contributed by atoms with Crippen LogP contribution in [0.2, 0.25) is 0 Å². The van der Waals surface area contributed by atoms with Crippen LogP contribution in [0.4, 0.5) is 4.79 Å². The Kier molecular flexibility index (Phi) is 5.50. The number of thiazole rings is 1. The summed E-state index contributed by atoms with van der Waals surface area (Å²) >= 11 is 1.47. The minimum absolute atomic E-state index is 0.0705. The Morgan fingerprint density at radius 3 is 2.65 bits per heavy atom. The van der Waals surface area contributed by atoms with Gasteiger partial charge >= 0.3 is 12.0 Å². The second-order valence-corrected chi connectivity index (χ2v) is 6.02. The van der Waals surface area contributed by atoms with E-state index < -0.39 is 11.5 Å². The first kappa shape index (κ1) is 16.4. The maximum absolute atomic E-state index is 12.3. The topological polar surface area (TPSA) is 82.5 Å². The van der Waals surface area contributed by atoms with Crippen LogP contribution in [0, 0.1) is 0 Å². The van der Waals surface area contributed by atoms with E-state index in [1.165, 1.54) is 16.2 Å². The molecule has 1 aromatic heterocycles. The van der Waals surface area contributed by atoms with Crippen molar-refractivity contribution in [3.63, 3.8) is 0 Å². The molecule has 0 saturated heterocycles. The molecule has 1 heterocycles. The molecule has 0 aliphatic heterocycles. The smallest absolute Gasteiger partial charge is 0.318 e. The van der Waals surface area contributed by atoms with Crippen molar-refractivity contribution in [1.29, 1.82) is 0 Å². The second kappa shape index (κ2) is 6.69. The van der Waals surface area contributed by atoms with Crippen molar-refractivity contribution >= 4 is 23.3 Å². The van der Waals surface area contributed by atoms with Gasteiger partial charge in [-0.3, -0.25) is 4.79 Å². The van der Waals surface area contributed by atoms with Crippen LogP contribution in [0.1, 0.15) is 39.1 Å². The molecule has 0 radical (unpaired) electrons.